The molecule has 1 atom stereocenters. The predicted molar refractivity (Wildman–Crippen MR) is 126 cm³/mol. The molecule has 1 unspecified atom stereocenters. The van der Waals surface area contributed by atoms with Gasteiger partial charge in [0.15, 0.2) is 0 Å². The summed E-state index contributed by atoms with van der Waals surface area (Å²) in [5, 5.41) is 0. The Morgan fingerprint density at radius 3 is 2.50 bits per heavy atom. The second-order valence-corrected chi connectivity index (χ2v) is 8.73. The van der Waals surface area contributed by atoms with Crippen molar-refractivity contribution in [3.63, 3.8) is 0 Å². The van der Waals surface area contributed by atoms with Gasteiger partial charge in [-0.25, -0.2) is 4.99 Å². The highest BCUT2D eigenvalue weighted by atomic mass is 79.9. The highest BCUT2D eigenvalue weighted by molar-refractivity contribution is 9.10. The van der Waals surface area contributed by atoms with Crippen LogP contribution in [0.4, 0.5) is 5.69 Å². The Kier molecular flexibility index (Phi) is 6.35. The van der Waals surface area contributed by atoms with Crippen LogP contribution in [0.25, 0.3) is 0 Å². The number of carbonyl (C=O) groups excluding carboxylic acids is 1. The molecule has 4 rings (SSSR count). The zero-order chi connectivity index (χ0) is 21.1. The molecule has 4 nitrogen and oxygen atoms in total. The highest BCUT2D eigenvalue weighted by Crippen LogP contribution is 2.41. The average molecular weight is 528 g/mol. The Labute approximate surface area is 192 Å². The molecule has 1 heterocycles. The Morgan fingerprint density at radius 1 is 1.00 bits per heavy atom. The largest absolute Gasteiger partial charge is 0.465 e. The molecule has 0 radical (unpaired) electrons. The summed E-state index contributed by atoms with van der Waals surface area (Å²) in [5.41, 5.74) is 3.95. The summed E-state index contributed by atoms with van der Waals surface area (Å²) in [7, 11) is 0. The Balaban J connectivity index is 1.92. The molecule has 6 heteroatoms. The molecular weight excluding hydrogens is 508 g/mol. The molecule has 152 valence electrons. The fraction of sp³-hybridized carbons (Fsp3) is 0.167. The molecule has 0 saturated carbocycles. The molecule has 0 amide bonds. The standard InChI is InChI=1S/C24H20Br2N2O2/c1-2-30-22(29)15-28-23(16-7-4-3-5-8-16)20-14-19(26)11-12-21(20)27-24(28)17-9-6-10-18(25)13-17/h3-14,23H,2,15H2,1H3. The number of fused-ring (bicyclic) bond motifs is 1. The molecule has 0 saturated heterocycles. The lowest BCUT2D eigenvalue weighted by Gasteiger charge is -2.38. The third-order valence-electron chi connectivity index (χ3n) is 4.90. The van der Waals surface area contributed by atoms with E-state index in [1.54, 1.807) is 0 Å². The molecule has 0 N–H and O–H groups in total. The number of benzene rings is 3. The van der Waals surface area contributed by atoms with Crippen molar-refractivity contribution in [1.82, 2.24) is 4.90 Å². The Bertz CT molecular complexity index is 1100. The highest BCUT2D eigenvalue weighted by Gasteiger charge is 2.33. The number of rotatable bonds is 5. The van der Waals surface area contributed by atoms with Gasteiger partial charge in [-0.3, -0.25) is 4.79 Å². The van der Waals surface area contributed by atoms with E-state index in [9.17, 15) is 4.79 Å². The molecule has 0 bridgehead atoms. The molecule has 3 aromatic rings. The fourth-order valence-corrected chi connectivity index (χ4v) is 4.46. The monoisotopic (exact) mass is 526 g/mol. The maximum atomic E-state index is 12.6. The molecule has 0 fully saturated rings. The van der Waals surface area contributed by atoms with Gasteiger partial charge in [0.2, 0.25) is 0 Å². The first-order valence-electron chi connectivity index (χ1n) is 9.68. The van der Waals surface area contributed by atoms with Crippen LogP contribution in [-0.4, -0.2) is 29.9 Å². The van der Waals surface area contributed by atoms with Crippen LogP contribution in [0.1, 0.15) is 29.7 Å². The van der Waals surface area contributed by atoms with Gasteiger partial charge in [0.1, 0.15) is 12.4 Å². The smallest absolute Gasteiger partial charge is 0.325 e. The minimum Gasteiger partial charge on any atom is -0.465 e. The Morgan fingerprint density at radius 2 is 1.77 bits per heavy atom. The van der Waals surface area contributed by atoms with E-state index < -0.39 is 0 Å². The first kappa shape index (κ1) is 20.8. The van der Waals surface area contributed by atoms with Crippen LogP contribution in [0, 0.1) is 0 Å². The zero-order valence-electron chi connectivity index (χ0n) is 16.4. The number of ether oxygens (including phenoxy) is 1. The molecule has 1 aliphatic rings. The van der Waals surface area contributed by atoms with Crippen LogP contribution >= 0.6 is 31.9 Å². The summed E-state index contributed by atoms with van der Waals surface area (Å²) >= 11 is 7.15. The van der Waals surface area contributed by atoms with E-state index in [0.29, 0.717) is 6.61 Å². The van der Waals surface area contributed by atoms with E-state index in [1.165, 1.54) is 0 Å². The number of hydrogen-bond acceptors (Lipinski definition) is 4. The van der Waals surface area contributed by atoms with Crippen LogP contribution in [0.15, 0.2) is 86.7 Å². The van der Waals surface area contributed by atoms with Crippen LogP contribution in [0.2, 0.25) is 0 Å². The van der Waals surface area contributed by atoms with Crippen LogP contribution in [0.3, 0.4) is 0 Å². The molecule has 1 aliphatic heterocycles. The van der Waals surface area contributed by atoms with Crippen LogP contribution in [-0.2, 0) is 9.53 Å². The lowest BCUT2D eigenvalue weighted by atomic mass is 9.93. The lowest BCUT2D eigenvalue weighted by molar-refractivity contribution is -0.143. The molecule has 3 aromatic carbocycles. The summed E-state index contributed by atoms with van der Waals surface area (Å²) in [6.07, 6.45) is 0. The van der Waals surface area contributed by atoms with Crippen molar-refractivity contribution in [3.8, 4) is 0 Å². The number of esters is 1. The number of amidine groups is 1. The minimum absolute atomic E-state index is 0.102. The predicted octanol–water partition coefficient (Wildman–Crippen LogP) is 6.26. The van der Waals surface area contributed by atoms with Gasteiger partial charge >= 0.3 is 5.97 Å². The molecule has 0 spiro atoms. The maximum Gasteiger partial charge on any atom is 0.325 e. The van der Waals surface area contributed by atoms with Gasteiger partial charge in [-0.15, -0.1) is 0 Å². The van der Waals surface area contributed by atoms with Crippen molar-refractivity contribution >= 4 is 49.4 Å². The van der Waals surface area contributed by atoms with Gasteiger partial charge in [0.25, 0.3) is 0 Å². The van der Waals surface area contributed by atoms with E-state index in [4.69, 9.17) is 9.73 Å². The fourth-order valence-electron chi connectivity index (χ4n) is 3.68. The summed E-state index contributed by atoms with van der Waals surface area (Å²) in [5.74, 6) is 0.465. The third kappa shape index (κ3) is 4.35. The average Bonchev–Trinajstić information content (AvgIpc) is 2.74. The van der Waals surface area contributed by atoms with Gasteiger partial charge in [-0.1, -0.05) is 74.3 Å². The first-order valence-corrected chi connectivity index (χ1v) is 11.3. The van der Waals surface area contributed by atoms with Gasteiger partial charge in [0.05, 0.1) is 18.3 Å². The van der Waals surface area contributed by atoms with E-state index in [-0.39, 0.29) is 18.6 Å². The zero-order valence-corrected chi connectivity index (χ0v) is 19.6. The normalized spacial score (nSPS) is 15.4. The number of hydrogen-bond donors (Lipinski definition) is 0. The number of nitrogens with zero attached hydrogens (tertiary/aromatic N) is 2. The summed E-state index contributed by atoms with van der Waals surface area (Å²) in [6, 6.07) is 24.1. The molecule has 0 aromatic heterocycles. The lowest BCUT2D eigenvalue weighted by Crippen LogP contribution is -2.42. The van der Waals surface area contributed by atoms with E-state index in [0.717, 1.165) is 37.2 Å². The van der Waals surface area contributed by atoms with Crippen molar-refractivity contribution in [1.29, 1.82) is 0 Å². The summed E-state index contributed by atoms with van der Waals surface area (Å²) in [6.45, 7) is 2.26. The topological polar surface area (TPSA) is 41.9 Å². The number of aliphatic imine (C=N–C) groups is 1. The summed E-state index contributed by atoms with van der Waals surface area (Å²) in [4.78, 5) is 19.6. The van der Waals surface area contributed by atoms with Crippen molar-refractivity contribution in [3.05, 3.63) is 98.4 Å². The van der Waals surface area contributed by atoms with Gasteiger partial charge in [-0.05, 0) is 42.8 Å². The van der Waals surface area contributed by atoms with Crippen molar-refractivity contribution < 1.29 is 9.53 Å². The Hall–Kier alpha value is -2.44. The maximum absolute atomic E-state index is 12.6. The quantitative estimate of drug-likeness (QED) is 0.368. The minimum atomic E-state index is -0.278. The third-order valence-corrected chi connectivity index (χ3v) is 5.88. The van der Waals surface area contributed by atoms with E-state index >= 15 is 0 Å². The van der Waals surface area contributed by atoms with Crippen molar-refractivity contribution in [2.45, 2.75) is 13.0 Å². The van der Waals surface area contributed by atoms with Crippen molar-refractivity contribution in [2.24, 2.45) is 4.99 Å². The molecule has 0 aliphatic carbocycles. The molecule has 30 heavy (non-hydrogen) atoms. The first-order chi connectivity index (χ1) is 14.6. The van der Waals surface area contributed by atoms with Crippen LogP contribution in [0.5, 0.6) is 0 Å². The van der Waals surface area contributed by atoms with Gasteiger partial charge in [-0.2, -0.15) is 0 Å². The number of halogens is 2. The van der Waals surface area contributed by atoms with Gasteiger partial charge in [0, 0.05) is 20.1 Å². The van der Waals surface area contributed by atoms with Crippen LogP contribution < -0.4 is 0 Å². The summed E-state index contributed by atoms with van der Waals surface area (Å²) < 4.78 is 7.22. The van der Waals surface area contributed by atoms with Crippen molar-refractivity contribution in [2.75, 3.05) is 13.2 Å². The van der Waals surface area contributed by atoms with E-state index in [2.05, 4.69) is 50.1 Å². The van der Waals surface area contributed by atoms with Gasteiger partial charge < -0.3 is 9.64 Å². The second-order valence-electron chi connectivity index (χ2n) is 6.90. The molecular formula is C24H20Br2N2O2. The number of carbonyl (C=O) groups is 1. The van der Waals surface area contributed by atoms with E-state index in [1.807, 2.05) is 66.4 Å². The second kappa shape index (κ2) is 9.14. The SMILES string of the molecule is CCOC(=O)CN1C(c2cccc(Br)c2)=Nc2ccc(Br)cc2C1c1ccccc1.